The molecule has 6 heteroatoms. The lowest BCUT2D eigenvalue weighted by Gasteiger charge is -2.35. The van der Waals surface area contributed by atoms with E-state index in [2.05, 4.69) is 41.4 Å². The van der Waals surface area contributed by atoms with Crippen LogP contribution in [0.25, 0.3) is 0 Å². The summed E-state index contributed by atoms with van der Waals surface area (Å²) in [6.45, 7) is -0.0119. The molecular weight excluding hydrogens is 449 g/mol. The third-order valence-corrected chi connectivity index (χ3v) is 6.00. The topological polar surface area (TPSA) is 39.9 Å². The Labute approximate surface area is 202 Å². The van der Waals surface area contributed by atoms with Crippen molar-refractivity contribution in [2.75, 3.05) is 0 Å². The Hall–Kier alpha value is -3.96. The molecule has 0 radical (unpaired) electrons. The maximum absolute atomic E-state index is 14.2. The molecule has 0 bridgehead atoms. The molecule has 0 fully saturated rings. The van der Waals surface area contributed by atoms with Gasteiger partial charge in [-0.3, -0.25) is 0 Å². The van der Waals surface area contributed by atoms with E-state index in [9.17, 15) is 4.39 Å². The molecule has 4 nitrogen and oxygen atoms in total. The predicted molar refractivity (Wildman–Crippen MR) is 130 cm³/mol. The third kappa shape index (κ3) is 4.06. The van der Waals surface area contributed by atoms with Gasteiger partial charge in [-0.2, -0.15) is 4.98 Å². The molecule has 1 aromatic heterocycles. The Morgan fingerprint density at radius 1 is 0.765 bits per heavy atom. The number of ether oxygens (including phenoxy) is 1. The molecule has 168 valence electrons. The number of nitrogens with zero attached hydrogens (tertiary/aromatic N) is 3. The molecule has 5 aromatic rings. The first-order chi connectivity index (χ1) is 16.7. The molecule has 0 aliphatic rings. The zero-order valence-corrected chi connectivity index (χ0v) is 18.9. The monoisotopic (exact) mass is 469 g/mol. The summed E-state index contributed by atoms with van der Waals surface area (Å²) in [5.41, 5.74) is 2.65. The summed E-state index contributed by atoms with van der Waals surface area (Å²) in [4.78, 5) is 4.40. The lowest BCUT2D eigenvalue weighted by Crippen LogP contribution is -2.38. The van der Waals surface area contributed by atoms with Gasteiger partial charge >= 0.3 is 6.01 Å². The molecule has 0 saturated heterocycles. The van der Waals surface area contributed by atoms with Gasteiger partial charge in [0.1, 0.15) is 24.3 Å². The fraction of sp³-hybridized carbons (Fsp3) is 0.0714. The molecule has 0 aliphatic carbocycles. The lowest BCUT2D eigenvalue weighted by atomic mass is 9.77. The van der Waals surface area contributed by atoms with Crippen molar-refractivity contribution in [3.63, 3.8) is 0 Å². The van der Waals surface area contributed by atoms with Crippen molar-refractivity contribution in [2.45, 2.75) is 12.1 Å². The van der Waals surface area contributed by atoms with Crippen LogP contribution in [0.3, 0.4) is 0 Å². The van der Waals surface area contributed by atoms with E-state index in [0.29, 0.717) is 10.6 Å². The molecule has 0 unspecified atom stereocenters. The van der Waals surface area contributed by atoms with E-state index in [0.717, 1.165) is 16.7 Å². The summed E-state index contributed by atoms with van der Waals surface area (Å²) in [5.74, 6) is -0.431. The van der Waals surface area contributed by atoms with Crippen molar-refractivity contribution in [1.82, 2.24) is 14.8 Å². The molecule has 0 atom stereocenters. The summed E-state index contributed by atoms with van der Waals surface area (Å²) in [6.07, 6.45) is 1.65. The predicted octanol–water partition coefficient (Wildman–Crippen LogP) is 6.49. The van der Waals surface area contributed by atoms with Crippen LogP contribution in [-0.2, 0) is 12.1 Å². The molecular formula is C28H21ClFN3O. The molecule has 0 N–H and O–H groups in total. The van der Waals surface area contributed by atoms with Crippen LogP contribution in [0.1, 0.15) is 22.3 Å². The van der Waals surface area contributed by atoms with E-state index in [1.165, 1.54) is 6.07 Å². The fourth-order valence-corrected chi connectivity index (χ4v) is 4.35. The fourth-order valence-electron chi connectivity index (χ4n) is 4.19. The second-order valence-corrected chi connectivity index (χ2v) is 8.24. The van der Waals surface area contributed by atoms with Crippen LogP contribution in [-0.4, -0.2) is 14.8 Å². The maximum atomic E-state index is 14.2. The second-order valence-electron chi connectivity index (χ2n) is 7.80. The van der Waals surface area contributed by atoms with E-state index in [1.807, 2.05) is 54.6 Å². The average molecular weight is 470 g/mol. The highest BCUT2D eigenvalue weighted by atomic mass is 35.5. The van der Waals surface area contributed by atoms with Crippen LogP contribution in [0.4, 0.5) is 4.39 Å². The van der Waals surface area contributed by atoms with Gasteiger partial charge in [0.25, 0.3) is 0 Å². The Bertz CT molecular complexity index is 1280. The number of rotatable bonds is 7. The first-order valence-electron chi connectivity index (χ1n) is 10.8. The van der Waals surface area contributed by atoms with Gasteiger partial charge in [0.05, 0.1) is 0 Å². The number of halogens is 2. The summed E-state index contributed by atoms with van der Waals surface area (Å²) in [5, 5.41) is 5.04. The van der Waals surface area contributed by atoms with Crippen LogP contribution >= 0.6 is 11.6 Å². The third-order valence-electron chi connectivity index (χ3n) is 5.76. The molecule has 4 aromatic carbocycles. The van der Waals surface area contributed by atoms with Gasteiger partial charge in [0.15, 0.2) is 0 Å². The maximum Gasteiger partial charge on any atom is 0.335 e. The van der Waals surface area contributed by atoms with Crippen LogP contribution in [0.2, 0.25) is 5.02 Å². The van der Waals surface area contributed by atoms with Crippen LogP contribution in [0.15, 0.2) is 116 Å². The highest BCUT2D eigenvalue weighted by Gasteiger charge is 2.39. The SMILES string of the molecule is Fc1cc(Cl)ccc1COc1ncn(C(c2ccccc2)(c2ccccc2)c2ccccc2)n1. The Morgan fingerprint density at radius 3 is 1.79 bits per heavy atom. The smallest absolute Gasteiger partial charge is 0.335 e. The van der Waals surface area contributed by atoms with Crippen LogP contribution in [0, 0.1) is 5.82 Å². The summed E-state index contributed by atoms with van der Waals surface area (Å²) < 4.78 is 21.8. The Kier molecular flexibility index (Phi) is 6.11. The second kappa shape index (κ2) is 9.49. The molecule has 0 amide bonds. The molecule has 1 heterocycles. The number of hydrogen-bond acceptors (Lipinski definition) is 3. The van der Waals surface area contributed by atoms with Crippen LogP contribution in [0.5, 0.6) is 6.01 Å². The molecule has 34 heavy (non-hydrogen) atoms. The van der Waals surface area contributed by atoms with Gasteiger partial charge in [0, 0.05) is 10.6 Å². The van der Waals surface area contributed by atoms with Gasteiger partial charge in [-0.15, -0.1) is 5.10 Å². The minimum absolute atomic E-state index is 0.0119. The van der Waals surface area contributed by atoms with Crippen molar-refractivity contribution < 1.29 is 9.13 Å². The van der Waals surface area contributed by atoms with E-state index in [4.69, 9.17) is 21.4 Å². The van der Waals surface area contributed by atoms with E-state index in [-0.39, 0.29) is 12.6 Å². The molecule has 0 spiro atoms. The summed E-state index contributed by atoms with van der Waals surface area (Å²) in [6, 6.07) is 35.1. The number of benzene rings is 4. The summed E-state index contributed by atoms with van der Waals surface area (Å²) >= 11 is 5.85. The summed E-state index contributed by atoms with van der Waals surface area (Å²) in [7, 11) is 0. The van der Waals surface area contributed by atoms with Crippen molar-refractivity contribution in [1.29, 1.82) is 0 Å². The number of aromatic nitrogens is 3. The van der Waals surface area contributed by atoms with Crippen molar-refractivity contribution in [3.05, 3.63) is 149 Å². The first kappa shape index (κ1) is 21.9. The normalized spacial score (nSPS) is 11.4. The van der Waals surface area contributed by atoms with E-state index >= 15 is 0 Å². The van der Waals surface area contributed by atoms with Gasteiger partial charge < -0.3 is 4.74 Å². The van der Waals surface area contributed by atoms with Gasteiger partial charge in [-0.1, -0.05) is 109 Å². The minimum Gasteiger partial charge on any atom is -0.457 e. The van der Waals surface area contributed by atoms with E-state index < -0.39 is 11.4 Å². The Morgan fingerprint density at radius 2 is 1.29 bits per heavy atom. The quantitative estimate of drug-likeness (QED) is 0.256. The number of hydrogen-bond donors (Lipinski definition) is 0. The molecule has 0 saturated carbocycles. The van der Waals surface area contributed by atoms with Gasteiger partial charge in [-0.25, -0.2) is 9.07 Å². The largest absolute Gasteiger partial charge is 0.457 e. The first-order valence-corrected chi connectivity index (χ1v) is 11.2. The standard InChI is InChI=1S/C28H21ClFN3O/c29-25-17-16-21(26(30)18-25)19-34-27-31-20-33(32-27)28(22-10-4-1-5-11-22,23-12-6-2-7-13-23)24-14-8-3-9-15-24/h1-18,20H,19H2. The Balaban J connectivity index is 1.61. The van der Waals surface area contributed by atoms with Crippen LogP contribution < -0.4 is 4.74 Å². The highest BCUT2D eigenvalue weighted by Crippen LogP contribution is 2.40. The zero-order valence-electron chi connectivity index (χ0n) is 18.2. The lowest BCUT2D eigenvalue weighted by molar-refractivity contribution is 0.271. The van der Waals surface area contributed by atoms with E-state index in [1.54, 1.807) is 23.1 Å². The molecule has 0 aliphatic heterocycles. The van der Waals surface area contributed by atoms with Crippen molar-refractivity contribution in [3.8, 4) is 6.01 Å². The van der Waals surface area contributed by atoms with Crippen molar-refractivity contribution in [2.24, 2.45) is 0 Å². The minimum atomic E-state index is -0.788. The zero-order chi connectivity index (χ0) is 23.4. The van der Waals surface area contributed by atoms with Gasteiger partial charge in [-0.05, 0) is 28.8 Å². The molecule has 5 rings (SSSR count). The average Bonchev–Trinajstić information content (AvgIpc) is 3.35. The highest BCUT2D eigenvalue weighted by molar-refractivity contribution is 6.30. The van der Waals surface area contributed by atoms with Gasteiger partial charge in [0.2, 0.25) is 0 Å². The van der Waals surface area contributed by atoms with Crippen molar-refractivity contribution >= 4 is 11.6 Å².